The third-order valence-corrected chi connectivity index (χ3v) is 4.36. The molecule has 2 heterocycles. The second-order valence-electron chi connectivity index (χ2n) is 6.89. The Bertz CT molecular complexity index is 873. The summed E-state index contributed by atoms with van der Waals surface area (Å²) in [6.45, 7) is 9.10. The summed E-state index contributed by atoms with van der Waals surface area (Å²) in [5.41, 5.74) is 0.901. The molecule has 1 atom stereocenters. The summed E-state index contributed by atoms with van der Waals surface area (Å²) in [5.74, 6) is 0.573. The van der Waals surface area contributed by atoms with Crippen molar-refractivity contribution in [3.05, 3.63) is 47.8 Å². The van der Waals surface area contributed by atoms with Crippen molar-refractivity contribution in [1.82, 2.24) is 20.0 Å². The average Bonchev–Trinajstić information content (AvgIpc) is 3.41. The van der Waals surface area contributed by atoms with E-state index in [4.69, 9.17) is 4.52 Å². The number of aromatic nitrogens is 3. The molecule has 0 aliphatic heterocycles. The molecule has 2 aromatic heterocycles. The van der Waals surface area contributed by atoms with Crippen LogP contribution in [0.15, 0.2) is 45.7 Å². The maximum atomic E-state index is 13.0. The smallest absolute Gasteiger partial charge is 0.274 e. The van der Waals surface area contributed by atoms with Crippen molar-refractivity contribution >= 4 is 12.6 Å². The number of carbonyl (C=O) groups excluding carboxylic acids is 1. The van der Waals surface area contributed by atoms with Crippen LogP contribution in [0, 0.1) is 5.82 Å². The highest BCUT2D eigenvalue weighted by Crippen LogP contribution is 2.22. The van der Waals surface area contributed by atoms with Gasteiger partial charge in [-0.1, -0.05) is 31.2 Å². The van der Waals surface area contributed by atoms with Crippen LogP contribution in [0.4, 0.5) is 8.78 Å². The van der Waals surface area contributed by atoms with Gasteiger partial charge in [-0.15, -0.1) is 0 Å². The van der Waals surface area contributed by atoms with Crippen molar-refractivity contribution in [2.24, 2.45) is 4.99 Å². The van der Waals surface area contributed by atoms with Crippen molar-refractivity contribution in [2.45, 2.75) is 46.0 Å². The number of hydrogen-bond donors (Lipinski definition) is 1. The quantitative estimate of drug-likeness (QED) is 0.417. The zero-order chi connectivity index (χ0) is 23.2. The van der Waals surface area contributed by atoms with Gasteiger partial charge in [0.25, 0.3) is 5.89 Å². The number of halogens is 2. The molecule has 0 aliphatic carbocycles. The fourth-order valence-electron chi connectivity index (χ4n) is 2.58. The first-order valence-corrected chi connectivity index (χ1v) is 10.1. The van der Waals surface area contributed by atoms with Crippen LogP contribution in [-0.2, 0) is 4.79 Å². The second kappa shape index (κ2) is 14.0. The lowest BCUT2D eigenvalue weighted by Crippen LogP contribution is -2.26. The van der Waals surface area contributed by atoms with E-state index in [9.17, 15) is 13.6 Å². The Labute approximate surface area is 181 Å². The number of rotatable bonds is 10. The van der Waals surface area contributed by atoms with E-state index in [0.29, 0.717) is 23.8 Å². The average molecular weight is 436 g/mol. The van der Waals surface area contributed by atoms with E-state index >= 15 is 0 Å². The lowest BCUT2D eigenvalue weighted by Gasteiger charge is -2.15. The molecule has 7 nitrogen and oxygen atoms in total. The minimum atomic E-state index is -0.503. The van der Waals surface area contributed by atoms with Crippen molar-refractivity contribution < 1.29 is 18.1 Å². The number of alkyl halides is 1. The molecule has 0 radical (unpaired) electrons. The Morgan fingerprint density at radius 1 is 1.48 bits per heavy atom. The molecular weight excluding hydrogens is 404 g/mol. The first-order valence-electron chi connectivity index (χ1n) is 10.1. The Morgan fingerprint density at radius 3 is 2.74 bits per heavy atom. The van der Waals surface area contributed by atoms with Crippen molar-refractivity contribution in [3.63, 3.8) is 0 Å². The Morgan fingerprint density at radius 2 is 2.23 bits per heavy atom. The largest absolute Gasteiger partial charge is 0.355 e. The van der Waals surface area contributed by atoms with Crippen LogP contribution in [-0.4, -0.2) is 52.9 Å². The number of H-pyrrole nitrogens is 1. The highest BCUT2D eigenvalue weighted by Gasteiger charge is 2.16. The molecule has 0 bridgehead atoms. The highest BCUT2D eigenvalue weighted by atomic mass is 19.1. The Balaban J connectivity index is 0.000000512. The number of hydrogen-bond acceptors (Lipinski definition) is 5. The molecule has 0 fully saturated rings. The van der Waals surface area contributed by atoms with Gasteiger partial charge in [0.05, 0.1) is 5.70 Å². The van der Waals surface area contributed by atoms with E-state index in [1.807, 2.05) is 20.8 Å². The van der Waals surface area contributed by atoms with E-state index in [1.165, 1.54) is 12.3 Å². The van der Waals surface area contributed by atoms with Crippen LogP contribution < -0.4 is 0 Å². The molecule has 2 aromatic rings. The number of allylic oxidation sites excluding steroid dienone is 3. The fraction of sp³-hybridized carbons (Fsp3) is 0.455. The van der Waals surface area contributed by atoms with E-state index in [0.717, 1.165) is 19.3 Å². The third kappa shape index (κ3) is 9.06. The molecule has 9 heteroatoms. The zero-order valence-corrected chi connectivity index (χ0v) is 18.6. The van der Waals surface area contributed by atoms with Crippen LogP contribution in [0.2, 0.25) is 0 Å². The fourth-order valence-corrected chi connectivity index (χ4v) is 2.58. The molecule has 0 saturated heterocycles. The van der Waals surface area contributed by atoms with Gasteiger partial charge in [0.2, 0.25) is 5.91 Å². The van der Waals surface area contributed by atoms with E-state index < -0.39 is 6.67 Å². The Hall–Kier alpha value is -3.10. The summed E-state index contributed by atoms with van der Waals surface area (Å²) in [4.78, 5) is 23.7. The molecule has 0 aliphatic rings. The standard InChI is InChI=1S/C16H21FN4O2.C6H10FN/c1-4-6-14(22)21(3)8-5-7-11(2)15-19-16(23-20-15)13-9-12(17)10-18-13;1-3-4-6(5-7)8-2/h4,6,9-11,18H,5,7-8H2,1-3H3;4H,2-3,5H2,1H3/b6-4+;6-4-/t11-;/m1./s1. The molecule has 170 valence electrons. The minimum absolute atomic E-state index is 0.00391. The normalized spacial score (nSPS) is 12.4. The van der Waals surface area contributed by atoms with Gasteiger partial charge < -0.3 is 14.4 Å². The van der Waals surface area contributed by atoms with Crippen LogP contribution in [0.5, 0.6) is 0 Å². The monoisotopic (exact) mass is 435 g/mol. The number of nitrogens with zero attached hydrogens (tertiary/aromatic N) is 4. The lowest BCUT2D eigenvalue weighted by atomic mass is 10.1. The first kappa shape index (κ1) is 25.9. The van der Waals surface area contributed by atoms with Crippen LogP contribution in [0.25, 0.3) is 11.6 Å². The lowest BCUT2D eigenvalue weighted by molar-refractivity contribution is -0.124. The predicted molar refractivity (Wildman–Crippen MR) is 118 cm³/mol. The van der Waals surface area contributed by atoms with Crippen molar-refractivity contribution in [1.29, 1.82) is 0 Å². The van der Waals surface area contributed by atoms with E-state index in [-0.39, 0.29) is 23.5 Å². The number of amides is 1. The van der Waals surface area contributed by atoms with Crippen LogP contribution in [0.3, 0.4) is 0 Å². The van der Waals surface area contributed by atoms with E-state index in [1.54, 1.807) is 30.2 Å². The molecule has 2 rings (SSSR count). The van der Waals surface area contributed by atoms with Crippen molar-refractivity contribution in [3.8, 4) is 11.6 Å². The Kier molecular flexibility index (Phi) is 11.7. The van der Waals surface area contributed by atoms with Gasteiger partial charge in [0.15, 0.2) is 5.82 Å². The van der Waals surface area contributed by atoms with Crippen LogP contribution >= 0.6 is 0 Å². The summed E-state index contributed by atoms with van der Waals surface area (Å²) in [7, 11) is 1.78. The third-order valence-electron chi connectivity index (χ3n) is 4.36. The van der Waals surface area contributed by atoms with Gasteiger partial charge in [-0.05, 0) is 39.0 Å². The summed E-state index contributed by atoms with van der Waals surface area (Å²) in [5, 5.41) is 3.94. The number of carbonyl (C=O) groups is 1. The van der Waals surface area contributed by atoms with E-state index in [2.05, 4.69) is 26.8 Å². The number of aliphatic imine (C=N–C) groups is 1. The van der Waals surface area contributed by atoms with Gasteiger partial charge in [0.1, 0.15) is 18.2 Å². The summed E-state index contributed by atoms with van der Waals surface area (Å²) in [6, 6.07) is 1.31. The maximum absolute atomic E-state index is 13.0. The molecule has 0 spiro atoms. The van der Waals surface area contributed by atoms with Gasteiger partial charge in [-0.2, -0.15) is 4.98 Å². The van der Waals surface area contributed by atoms with Gasteiger partial charge in [-0.25, -0.2) is 8.78 Å². The first-order chi connectivity index (χ1) is 14.9. The molecule has 1 N–H and O–H groups in total. The maximum Gasteiger partial charge on any atom is 0.274 e. The molecular formula is C22H31F2N5O2. The molecule has 0 saturated carbocycles. The van der Waals surface area contributed by atoms with Crippen LogP contribution in [0.1, 0.15) is 51.8 Å². The summed E-state index contributed by atoms with van der Waals surface area (Å²) < 4.78 is 29.8. The van der Waals surface area contributed by atoms with Gasteiger partial charge in [-0.3, -0.25) is 9.79 Å². The topological polar surface area (TPSA) is 87.4 Å². The number of aromatic amines is 1. The zero-order valence-electron chi connectivity index (χ0n) is 18.6. The predicted octanol–water partition coefficient (Wildman–Crippen LogP) is 5.07. The molecule has 31 heavy (non-hydrogen) atoms. The minimum Gasteiger partial charge on any atom is -0.355 e. The SMILES string of the molecule is C/C=C/C(=O)N(C)CCC[C@@H](C)c1noc(-c2cc(F)c[nH]2)n1.C=N/C(=C\CC)CF. The molecule has 1 amide bonds. The summed E-state index contributed by atoms with van der Waals surface area (Å²) in [6.07, 6.45) is 8.70. The van der Waals surface area contributed by atoms with Gasteiger partial charge in [0, 0.05) is 31.8 Å². The number of nitrogens with one attached hydrogen (secondary N) is 1. The molecule has 0 aromatic carbocycles. The molecule has 0 unspecified atom stereocenters. The second-order valence-corrected chi connectivity index (χ2v) is 6.89. The highest BCUT2D eigenvalue weighted by molar-refractivity contribution is 5.87. The van der Waals surface area contributed by atoms with Gasteiger partial charge >= 0.3 is 0 Å². The van der Waals surface area contributed by atoms with Crippen molar-refractivity contribution in [2.75, 3.05) is 20.3 Å². The number of likely N-dealkylation sites (N-methyl/N-ethyl adjacent to an activating group) is 1. The summed E-state index contributed by atoms with van der Waals surface area (Å²) >= 11 is 0.